The predicted octanol–water partition coefficient (Wildman–Crippen LogP) is -0.767. The van der Waals surface area contributed by atoms with Gasteiger partial charge in [-0.2, -0.15) is 0 Å². The molecule has 1 fully saturated rings. The Morgan fingerprint density at radius 2 is 2.00 bits per heavy atom. The number of β-amino-alcohol motifs (C(OH)–C–C–N with tert-alkyl or cyclic N) is 1. The van der Waals surface area contributed by atoms with Crippen molar-refractivity contribution in [3.05, 3.63) is 24.3 Å². The molecule has 1 N–H and O–H groups in total. The van der Waals surface area contributed by atoms with E-state index in [4.69, 9.17) is 5.11 Å². The second kappa shape index (κ2) is 4.88. The average Bonchev–Trinajstić information content (AvgIpc) is 2.59. The van der Waals surface area contributed by atoms with Crippen molar-refractivity contribution in [2.75, 3.05) is 19.7 Å². The molecule has 3 amide bonds. The van der Waals surface area contributed by atoms with E-state index in [1.807, 2.05) is 0 Å². The summed E-state index contributed by atoms with van der Waals surface area (Å²) in [6.07, 6.45) is 4.59. The summed E-state index contributed by atoms with van der Waals surface area (Å²) in [5, 5.41) is 8.75. The second-order valence-electron chi connectivity index (χ2n) is 3.65. The van der Waals surface area contributed by atoms with Crippen LogP contribution in [0.2, 0.25) is 0 Å². The molecule has 0 saturated carbocycles. The highest BCUT2D eigenvalue weighted by molar-refractivity contribution is 6.01. The van der Waals surface area contributed by atoms with Gasteiger partial charge in [0.25, 0.3) is 0 Å². The van der Waals surface area contributed by atoms with Gasteiger partial charge in [0.05, 0.1) is 19.7 Å². The lowest BCUT2D eigenvalue weighted by Crippen LogP contribution is -2.34. The monoisotopic (exact) mass is 236 g/mol. The van der Waals surface area contributed by atoms with Crippen LogP contribution in [0.5, 0.6) is 0 Å². The zero-order chi connectivity index (χ0) is 12.3. The van der Waals surface area contributed by atoms with Gasteiger partial charge in [0.15, 0.2) is 0 Å². The van der Waals surface area contributed by atoms with E-state index < -0.39 is 0 Å². The number of carbonyl (C=O) groups excluding carboxylic acids is 2. The van der Waals surface area contributed by atoms with Gasteiger partial charge in [-0.1, -0.05) is 0 Å². The summed E-state index contributed by atoms with van der Waals surface area (Å²) in [7, 11) is 0. The molecule has 2 rings (SSSR count). The average molecular weight is 236 g/mol. The molecule has 1 aromatic heterocycles. The van der Waals surface area contributed by atoms with Crippen LogP contribution in [0, 0.1) is 0 Å². The van der Waals surface area contributed by atoms with E-state index in [-0.39, 0.29) is 31.6 Å². The molecule has 7 nitrogen and oxygen atoms in total. The molecule has 1 saturated heterocycles. The Bertz CT molecular complexity index is 423. The number of nitrogens with zero attached hydrogens (tertiary/aromatic N) is 4. The van der Waals surface area contributed by atoms with Crippen LogP contribution in [-0.4, -0.2) is 56.5 Å². The summed E-state index contributed by atoms with van der Waals surface area (Å²) in [5.74, 6) is -0.291. The summed E-state index contributed by atoms with van der Waals surface area (Å²) in [6.45, 7) is 0.153. The summed E-state index contributed by atoms with van der Waals surface area (Å²) in [4.78, 5) is 33.4. The smallest absolute Gasteiger partial charge is 0.327 e. The molecule has 17 heavy (non-hydrogen) atoms. The maximum Gasteiger partial charge on any atom is 0.327 e. The topological polar surface area (TPSA) is 86.6 Å². The predicted molar refractivity (Wildman–Crippen MR) is 56.6 cm³/mol. The third kappa shape index (κ3) is 2.39. The summed E-state index contributed by atoms with van der Waals surface area (Å²) >= 11 is 0. The number of rotatable bonds is 4. The summed E-state index contributed by atoms with van der Waals surface area (Å²) in [5.41, 5.74) is 0.763. The summed E-state index contributed by atoms with van der Waals surface area (Å²) in [6, 6.07) is -0.382. The highest BCUT2D eigenvalue weighted by Gasteiger charge is 2.35. The first-order valence-corrected chi connectivity index (χ1v) is 5.16. The first-order valence-electron chi connectivity index (χ1n) is 5.16. The van der Waals surface area contributed by atoms with Crippen LogP contribution in [0.15, 0.2) is 18.7 Å². The van der Waals surface area contributed by atoms with Crippen molar-refractivity contribution in [2.45, 2.75) is 6.54 Å². The molecule has 1 aromatic rings. The Balaban J connectivity index is 2.04. The third-order valence-corrected chi connectivity index (χ3v) is 2.44. The number of aliphatic hydroxyl groups excluding tert-OH is 1. The highest BCUT2D eigenvalue weighted by atomic mass is 16.3. The molecule has 90 valence electrons. The molecule has 1 aliphatic rings. The van der Waals surface area contributed by atoms with Gasteiger partial charge in [0.1, 0.15) is 12.9 Å². The van der Waals surface area contributed by atoms with Crippen molar-refractivity contribution in [1.82, 2.24) is 19.8 Å². The minimum absolute atomic E-state index is 0.0354. The second-order valence-corrected chi connectivity index (χ2v) is 3.65. The van der Waals surface area contributed by atoms with E-state index in [1.165, 1.54) is 11.2 Å². The van der Waals surface area contributed by atoms with Crippen molar-refractivity contribution in [2.24, 2.45) is 0 Å². The van der Waals surface area contributed by atoms with E-state index in [9.17, 15) is 9.59 Å². The molecule has 0 unspecified atom stereocenters. The van der Waals surface area contributed by atoms with Crippen molar-refractivity contribution < 1.29 is 14.7 Å². The molecule has 0 radical (unpaired) electrons. The van der Waals surface area contributed by atoms with Gasteiger partial charge >= 0.3 is 6.03 Å². The minimum atomic E-state index is -0.382. The molecular weight excluding hydrogens is 224 g/mol. The number of aliphatic hydroxyl groups is 1. The van der Waals surface area contributed by atoms with Crippen molar-refractivity contribution in [3.8, 4) is 0 Å². The Labute approximate surface area is 97.7 Å². The lowest BCUT2D eigenvalue weighted by Gasteiger charge is -2.15. The zero-order valence-corrected chi connectivity index (χ0v) is 9.11. The van der Waals surface area contributed by atoms with Crippen LogP contribution < -0.4 is 0 Å². The molecule has 0 aliphatic carbocycles. The van der Waals surface area contributed by atoms with Crippen molar-refractivity contribution in [3.63, 3.8) is 0 Å². The Morgan fingerprint density at radius 1 is 1.29 bits per heavy atom. The maximum atomic E-state index is 11.8. The van der Waals surface area contributed by atoms with E-state index >= 15 is 0 Å². The normalized spacial score (nSPS) is 15.8. The molecular formula is C10H12N4O3. The fourth-order valence-corrected chi connectivity index (χ4v) is 1.67. The van der Waals surface area contributed by atoms with Crippen LogP contribution in [0.3, 0.4) is 0 Å². The first kappa shape index (κ1) is 11.5. The Kier molecular flexibility index (Phi) is 3.29. The minimum Gasteiger partial charge on any atom is -0.395 e. The van der Waals surface area contributed by atoms with Gasteiger partial charge in [-0.3, -0.25) is 9.69 Å². The van der Waals surface area contributed by atoms with Gasteiger partial charge in [-0.25, -0.2) is 14.8 Å². The lowest BCUT2D eigenvalue weighted by atomic mass is 10.3. The standard InChI is InChI=1S/C10H12N4O3/c15-2-1-14-9(16)6-13(10(14)17)5-8-3-11-7-12-4-8/h3-4,7,15H,1-2,5-6H2. The SMILES string of the molecule is O=C1CN(Cc2cncnc2)C(=O)N1CCO. The molecule has 2 heterocycles. The van der Waals surface area contributed by atoms with E-state index in [0.717, 1.165) is 10.5 Å². The molecule has 0 spiro atoms. The molecule has 0 bridgehead atoms. The Hall–Kier alpha value is -2.02. The van der Waals surface area contributed by atoms with Crippen LogP contribution in [0.25, 0.3) is 0 Å². The number of urea groups is 1. The number of carbonyl (C=O) groups is 2. The zero-order valence-electron chi connectivity index (χ0n) is 9.11. The number of hydrogen-bond acceptors (Lipinski definition) is 5. The fourth-order valence-electron chi connectivity index (χ4n) is 1.67. The molecule has 7 heteroatoms. The van der Waals surface area contributed by atoms with Gasteiger partial charge in [0, 0.05) is 18.0 Å². The highest BCUT2D eigenvalue weighted by Crippen LogP contribution is 2.12. The molecule has 0 aromatic carbocycles. The van der Waals surface area contributed by atoms with E-state index in [0.29, 0.717) is 6.54 Å². The van der Waals surface area contributed by atoms with Crippen molar-refractivity contribution >= 4 is 11.9 Å². The van der Waals surface area contributed by atoms with Crippen LogP contribution >= 0.6 is 0 Å². The quantitative estimate of drug-likeness (QED) is 0.694. The van der Waals surface area contributed by atoms with Gasteiger partial charge in [-0.05, 0) is 0 Å². The van der Waals surface area contributed by atoms with Crippen LogP contribution in [0.1, 0.15) is 5.56 Å². The third-order valence-electron chi connectivity index (χ3n) is 2.44. The number of amides is 3. The maximum absolute atomic E-state index is 11.8. The fraction of sp³-hybridized carbons (Fsp3) is 0.400. The number of imide groups is 1. The van der Waals surface area contributed by atoms with Gasteiger partial charge in [-0.15, -0.1) is 0 Å². The van der Waals surface area contributed by atoms with Gasteiger partial charge in [0.2, 0.25) is 5.91 Å². The van der Waals surface area contributed by atoms with E-state index in [2.05, 4.69) is 9.97 Å². The Morgan fingerprint density at radius 3 is 2.65 bits per heavy atom. The largest absolute Gasteiger partial charge is 0.395 e. The van der Waals surface area contributed by atoms with Gasteiger partial charge < -0.3 is 10.0 Å². The first-order chi connectivity index (χ1) is 8.22. The van der Waals surface area contributed by atoms with Crippen LogP contribution in [0.4, 0.5) is 4.79 Å². The molecule has 1 aliphatic heterocycles. The van der Waals surface area contributed by atoms with Crippen LogP contribution in [-0.2, 0) is 11.3 Å². The number of aromatic nitrogens is 2. The van der Waals surface area contributed by atoms with E-state index in [1.54, 1.807) is 12.4 Å². The van der Waals surface area contributed by atoms with Crippen molar-refractivity contribution in [1.29, 1.82) is 0 Å². The summed E-state index contributed by atoms with van der Waals surface area (Å²) < 4.78 is 0. The lowest BCUT2D eigenvalue weighted by molar-refractivity contribution is -0.125. The number of hydrogen-bond donors (Lipinski definition) is 1. The molecule has 0 atom stereocenters.